The average Bonchev–Trinajstić information content (AvgIpc) is 3.38. The lowest BCUT2D eigenvalue weighted by Gasteiger charge is -2.61. The second kappa shape index (κ2) is 14.3. The lowest BCUT2D eigenvalue weighted by molar-refractivity contribution is -0.327. The number of ether oxygens (including phenoxy) is 2. The number of fused-ring (bicyclic) bond motifs is 5. The Morgan fingerprint density at radius 2 is 1.62 bits per heavy atom. The van der Waals surface area contributed by atoms with Crippen molar-refractivity contribution in [2.75, 3.05) is 20.3 Å². The number of methoxy groups -OCH3 is 1. The Bertz CT molecular complexity index is 967. The number of hydrogen-bond acceptors (Lipinski definition) is 8. The van der Waals surface area contributed by atoms with Crippen LogP contribution in [0, 0.1) is 52.3 Å². The van der Waals surface area contributed by atoms with Crippen LogP contribution in [0.25, 0.3) is 0 Å². The third-order valence-corrected chi connectivity index (χ3v) is 14.4. The first-order chi connectivity index (χ1) is 21.3. The van der Waals surface area contributed by atoms with Gasteiger partial charge in [-0.2, -0.15) is 0 Å². The molecule has 0 spiro atoms. The highest BCUT2D eigenvalue weighted by Crippen LogP contribution is 2.68. The number of aliphatic hydroxyl groups excluding tert-OH is 5. The van der Waals surface area contributed by atoms with Crippen molar-refractivity contribution in [3.63, 3.8) is 0 Å². The molecule has 45 heavy (non-hydrogen) atoms. The van der Waals surface area contributed by atoms with Crippen LogP contribution in [0.1, 0.15) is 118 Å². The molecule has 4 aliphatic carbocycles. The van der Waals surface area contributed by atoms with E-state index in [1.54, 1.807) is 0 Å². The van der Waals surface area contributed by atoms with E-state index in [1.807, 2.05) is 0 Å². The maximum Gasteiger partial charge on any atom is 0.183 e. The highest BCUT2D eigenvalue weighted by atomic mass is 16.7. The van der Waals surface area contributed by atoms with E-state index >= 15 is 0 Å². The molecule has 4 saturated carbocycles. The normalized spacial score (nSPS) is 47.1. The Hall–Kier alpha value is -0.320. The maximum absolute atomic E-state index is 10.6. The molecular formula is C37H67NO7. The van der Waals surface area contributed by atoms with E-state index in [4.69, 9.17) is 9.47 Å². The van der Waals surface area contributed by atoms with Crippen LogP contribution >= 0.6 is 0 Å². The van der Waals surface area contributed by atoms with E-state index in [0.717, 1.165) is 48.3 Å². The van der Waals surface area contributed by atoms with Crippen LogP contribution in [0.15, 0.2) is 0 Å². The Morgan fingerprint density at radius 3 is 2.31 bits per heavy atom. The first kappa shape index (κ1) is 36.0. The fourth-order valence-corrected chi connectivity index (χ4v) is 11.7. The third kappa shape index (κ3) is 6.92. The molecule has 0 bridgehead atoms. The molecule has 6 N–H and O–H groups in total. The molecule has 1 saturated heterocycles. The van der Waals surface area contributed by atoms with E-state index in [-0.39, 0.29) is 6.42 Å². The molecule has 1 unspecified atom stereocenters. The standard InChI is InChI=1S/C37H67NO7/c1-22(2)8-7-9-23(3)27-12-13-28-26-11-10-24-18-25(14-16-35(24,4)29(26)15-17-36(27,28)5)38-21-37(44-6)19-30(40)32(42)34(45-37)33(43)31(41)20-39/h22-34,38-43H,7-21H2,1-6H3/t23-,24?,25-,26+,27-,28+,29+,30+,31+,32-,33-,34-,35+,36-,37-/m1/s1. The molecule has 5 aliphatic rings. The van der Waals surface area contributed by atoms with Crippen molar-refractivity contribution in [3.05, 3.63) is 0 Å². The highest BCUT2D eigenvalue weighted by molar-refractivity contribution is 5.10. The maximum atomic E-state index is 10.6. The van der Waals surface area contributed by atoms with Crippen molar-refractivity contribution in [3.8, 4) is 0 Å². The van der Waals surface area contributed by atoms with Gasteiger partial charge in [0.15, 0.2) is 5.79 Å². The van der Waals surface area contributed by atoms with Gasteiger partial charge in [-0.15, -0.1) is 0 Å². The van der Waals surface area contributed by atoms with Crippen molar-refractivity contribution >= 4 is 0 Å². The summed E-state index contributed by atoms with van der Waals surface area (Å²) in [5.41, 5.74) is 0.908. The first-order valence-electron chi connectivity index (χ1n) is 18.6. The molecule has 5 fully saturated rings. The molecule has 1 aliphatic heterocycles. The summed E-state index contributed by atoms with van der Waals surface area (Å²) in [6.07, 6.45) is 9.06. The van der Waals surface area contributed by atoms with Crippen LogP contribution in [0.4, 0.5) is 0 Å². The van der Waals surface area contributed by atoms with Gasteiger partial charge in [-0.3, -0.25) is 0 Å². The van der Waals surface area contributed by atoms with Gasteiger partial charge in [0.05, 0.1) is 19.3 Å². The second-order valence-corrected chi connectivity index (χ2v) is 17.2. The monoisotopic (exact) mass is 637 g/mol. The largest absolute Gasteiger partial charge is 0.394 e. The van der Waals surface area contributed by atoms with E-state index in [9.17, 15) is 25.5 Å². The SMILES string of the molecule is CO[C@]1(CN[C@@H]2CC[C@@]3(C)C(CC[C@H]4[C@@H]5CC[C@H]([C@H](C)CCCC(C)C)[C@@]5(C)CC[C@@H]43)C2)C[C@H](O)[C@@H](O)[C@H]([C@H](O)[C@@H](O)CO)O1. The fraction of sp³-hybridized carbons (Fsp3) is 1.00. The lowest BCUT2D eigenvalue weighted by atomic mass is 9.44. The van der Waals surface area contributed by atoms with Crippen LogP contribution in [0.2, 0.25) is 0 Å². The molecule has 8 heteroatoms. The molecule has 0 aromatic heterocycles. The van der Waals surface area contributed by atoms with Crippen LogP contribution in [-0.4, -0.2) is 88.1 Å². The first-order valence-corrected chi connectivity index (χ1v) is 18.6. The van der Waals surface area contributed by atoms with Crippen molar-refractivity contribution in [2.24, 2.45) is 52.3 Å². The molecule has 262 valence electrons. The minimum Gasteiger partial charge on any atom is -0.394 e. The summed E-state index contributed by atoms with van der Waals surface area (Å²) in [6, 6.07) is 0.307. The average molecular weight is 638 g/mol. The van der Waals surface area contributed by atoms with Gasteiger partial charge in [0.25, 0.3) is 0 Å². The molecule has 0 radical (unpaired) electrons. The van der Waals surface area contributed by atoms with E-state index in [0.29, 0.717) is 29.3 Å². The summed E-state index contributed by atoms with van der Waals surface area (Å²) >= 11 is 0. The summed E-state index contributed by atoms with van der Waals surface area (Å²) in [7, 11) is 1.51. The summed E-state index contributed by atoms with van der Waals surface area (Å²) in [5.74, 6) is 4.57. The summed E-state index contributed by atoms with van der Waals surface area (Å²) in [4.78, 5) is 0. The molecule has 5 rings (SSSR count). The van der Waals surface area contributed by atoms with Gasteiger partial charge >= 0.3 is 0 Å². The third-order valence-electron chi connectivity index (χ3n) is 14.4. The predicted octanol–water partition coefficient (Wildman–Crippen LogP) is 4.63. The van der Waals surface area contributed by atoms with Gasteiger partial charge in [0, 0.05) is 19.6 Å². The summed E-state index contributed by atoms with van der Waals surface area (Å²) in [6.45, 7) is 12.2. The second-order valence-electron chi connectivity index (χ2n) is 17.2. The topological polar surface area (TPSA) is 132 Å². The molecule has 8 nitrogen and oxygen atoms in total. The smallest absolute Gasteiger partial charge is 0.183 e. The Labute approximate surface area is 273 Å². The Morgan fingerprint density at radius 1 is 0.911 bits per heavy atom. The van der Waals surface area contributed by atoms with Gasteiger partial charge in [-0.1, -0.05) is 53.9 Å². The van der Waals surface area contributed by atoms with Crippen molar-refractivity contribution < 1.29 is 35.0 Å². The van der Waals surface area contributed by atoms with Crippen molar-refractivity contribution in [2.45, 2.75) is 160 Å². The zero-order valence-electron chi connectivity index (χ0n) is 29.2. The summed E-state index contributed by atoms with van der Waals surface area (Å²) in [5, 5.41) is 54.7. The minimum absolute atomic E-state index is 0.0468. The molecule has 1 heterocycles. The van der Waals surface area contributed by atoms with Gasteiger partial charge in [-0.25, -0.2) is 0 Å². The molecule has 0 aromatic rings. The Kier molecular flexibility index (Phi) is 11.4. The van der Waals surface area contributed by atoms with Crippen molar-refractivity contribution in [1.29, 1.82) is 0 Å². The van der Waals surface area contributed by atoms with Gasteiger partial charge in [-0.05, 0) is 110 Å². The zero-order valence-corrected chi connectivity index (χ0v) is 29.2. The summed E-state index contributed by atoms with van der Waals surface area (Å²) < 4.78 is 11.8. The van der Waals surface area contributed by atoms with E-state index in [2.05, 4.69) is 39.9 Å². The quantitative estimate of drug-likeness (QED) is 0.183. The number of hydrogen-bond donors (Lipinski definition) is 6. The fourth-order valence-electron chi connectivity index (χ4n) is 11.7. The number of aliphatic hydroxyl groups is 5. The van der Waals surface area contributed by atoms with Crippen LogP contribution in [-0.2, 0) is 9.47 Å². The number of nitrogens with one attached hydrogen (secondary N) is 1. The van der Waals surface area contributed by atoms with E-state index in [1.165, 1.54) is 71.3 Å². The van der Waals surface area contributed by atoms with Gasteiger partial charge in [0.2, 0.25) is 0 Å². The van der Waals surface area contributed by atoms with Crippen LogP contribution < -0.4 is 5.32 Å². The lowest BCUT2D eigenvalue weighted by Crippen LogP contribution is -2.64. The number of rotatable bonds is 12. The minimum atomic E-state index is -1.55. The highest BCUT2D eigenvalue weighted by Gasteiger charge is 2.60. The van der Waals surface area contributed by atoms with Crippen LogP contribution in [0.3, 0.4) is 0 Å². The van der Waals surface area contributed by atoms with Gasteiger partial charge in [0.1, 0.15) is 24.4 Å². The van der Waals surface area contributed by atoms with Crippen LogP contribution in [0.5, 0.6) is 0 Å². The molecular weight excluding hydrogens is 570 g/mol. The molecule has 0 amide bonds. The van der Waals surface area contributed by atoms with E-state index < -0.39 is 42.9 Å². The van der Waals surface area contributed by atoms with Crippen molar-refractivity contribution in [1.82, 2.24) is 5.32 Å². The Balaban J connectivity index is 1.19. The zero-order chi connectivity index (χ0) is 32.7. The predicted molar refractivity (Wildman–Crippen MR) is 175 cm³/mol. The molecule has 0 aromatic carbocycles. The van der Waals surface area contributed by atoms with Gasteiger partial charge < -0.3 is 40.3 Å². The molecule has 15 atom stereocenters.